The zero-order chi connectivity index (χ0) is 19.9. The Hall–Kier alpha value is -1.63. The molecule has 2 heterocycles. The lowest BCUT2D eigenvalue weighted by atomic mass is 9.97. The van der Waals surface area contributed by atoms with Gasteiger partial charge in [0.15, 0.2) is 20.1 Å². The minimum atomic E-state index is -2.16. The molecular weight excluding hydrogens is 352 g/mol. The fraction of sp³-hybridized carbons (Fsp3) is 0.611. The van der Waals surface area contributed by atoms with Gasteiger partial charge in [0, 0.05) is 11.9 Å². The average Bonchev–Trinajstić information content (AvgIpc) is 2.78. The van der Waals surface area contributed by atoms with E-state index < -0.39 is 38.4 Å². The summed E-state index contributed by atoms with van der Waals surface area (Å²) in [5.74, 6) is 2.44. The topological polar surface area (TPSA) is 91.3 Å². The molecule has 0 unspecified atom stereocenters. The molecule has 0 aromatic carbocycles. The zero-order valence-corrected chi connectivity index (χ0v) is 16.9. The molecule has 2 rings (SSSR count). The van der Waals surface area contributed by atoms with Crippen LogP contribution < -0.4 is 5.32 Å². The van der Waals surface area contributed by atoms with Crippen molar-refractivity contribution in [2.24, 2.45) is 0 Å². The number of hydrogen-bond acceptors (Lipinski definition) is 5. The first-order chi connectivity index (χ1) is 11.8. The Morgan fingerprint density at radius 3 is 2.62 bits per heavy atom. The highest BCUT2D eigenvalue weighted by Gasteiger charge is 2.57. The Balaban J connectivity index is 2.23. The van der Waals surface area contributed by atoms with Crippen LogP contribution in [-0.4, -0.2) is 60.1 Å². The lowest BCUT2D eigenvalue weighted by Gasteiger charge is -2.39. The highest BCUT2D eigenvalue weighted by atomic mass is 28.4. The molecule has 8 heteroatoms. The Kier molecular flexibility index (Phi) is 5.43. The predicted octanol–water partition coefficient (Wildman–Crippen LogP) is 1.51. The summed E-state index contributed by atoms with van der Waals surface area (Å²) >= 11 is 0. The molecule has 7 nitrogen and oxygen atoms in total. The van der Waals surface area contributed by atoms with E-state index in [1.807, 2.05) is 0 Å². The number of aliphatic hydroxyl groups excluding tert-OH is 2. The van der Waals surface area contributed by atoms with Gasteiger partial charge in [-0.05, 0) is 24.2 Å². The maximum absolute atomic E-state index is 12.1. The van der Waals surface area contributed by atoms with Crippen molar-refractivity contribution in [3.05, 3.63) is 24.6 Å². The molecule has 0 radical (unpaired) electrons. The van der Waals surface area contributed by atoms with E-state index in [0.29, 0.717) is 5.70 Å². The standard InChI is InChI=1S/C18H28N2O5Si/c1-8-18(11-24-26(6,7)17(3,4)5)14(22)13(21)15(25-18)20-10-9-12(2)19-16(20)23/h1,9-10,13-15,21-22H,2,11H2,3-7H3,(H,19,23)/t13-,14+,15-,18-/m1/s1. The number of aliphatic hydroxyl groups is 2. The van der Waals surface area contributed by atoms with Crippen LogP contribution in [0.15, 0.2) is 24.6 Å². The number of carbonyl (C=O) groups excluding carboxylic acids is 1. The summed E-state index contributed by atoms with van der Waals surface area (Å²) in [6.45, 7) is 13.9. The van der Waals surface area contributed by atoms with Crippen molar-refractivity contribution in [3.8, 4) is 12.3 Å². The van der Waals surface area contributed by atoms with Crippen LogP contribution in [0.25, 0.3) is 0 Å². The quantitative estimate of drug-likeness (QED) is 0.508. The third-order valence-electron chi connectivity index (χ3n) is 5.33. The monoisotopic (exact) mass is 380 g/mol. The second kappa shape index (κ2) is 6.83. The largest absolute Gasteiger partial charge is 0.413 e. The second-order valence-electron chi connectivity index (χ2n) is 8.21. The van der Waals surface area contributed by atoms with Crippen molar-refractivity contribution in [2.75, 3.05) is 6.61 Å². The average molecular weight is 381 g/mol. The lowest BCUT2D eigenvalue weighted by molar-refractivity contribution is -0.0968. The molecule has 0 bridgehead atoms. The van der Waals surface area contributed by atoms with Gasteiger partial charge in [0.25, 0.3) is 0 Å². The number of urea groups is 1. The molecule has 1 saturated heterocycles. The molecule has 2 amide bonds. The minimum Gasteiger partial charge on any atom is -0.413 e. The van der Waals surface area contributed by atoms with Gasteiger partial charge in [0.05, 0.1) is 6.61 Å². The number of nitrogens with one attached hydrogen (secondary N) is 1. The molecule has 0 aromatic rings. The van der Waals surface area contributed by atoms with Gasteiger partial charge in [-0.2, -0.15) is 0 Å². The van der Waals surface area contributed by atoms with Crippen LogP contribution >= 0.6 is 0 Å². The second-order valence-corrected chi connectivity index (χ2v) is 13.0. The molecule has 0 aromatic heterocycles. The van der Waals surface area contributed by atoms with Crippen LogP contribution in [0.2, 0.25) is 18.1 Å². The predicted molar refractivity (Wildman–Crippen MR) is 100 cm³/mol. The van der Waals surface area contributed by atoms with Gasteiger partial charge in [-0.25, -0.2) is 4.79 Å². The lowest BCUT2D eigenvalue weighted by Crippen LogP contribution is -2.51. The van der Waals surface area contributed by atoms with Crippen LogP contribution in [0.1, 0.15) is 20.8 Å². The van der Waals surface area contributed by atoms with Gasteiger partial charge >= 0.3 is 6.03 Å². The van der Waals surface area contributed by atoms with Crippen molar-refractivity contribution in [3.63, 3.8) is 0 Å². The molecule has 2 aliphatic heterocycles. The van der Waals surface area contributed by atoms with Gasteiger partial charge in [-0.1, -0.05) is 33.3 Å². The van der Waals surface area contributed by atoms with E-state index >= 15 is 0 Å². The first-order valence-electron chi connectivity index (χ1n) is 8.47. The Labute approximate surface area is 155 Å². The van der Waals surface area contributed by atoms with E-state index in [1.165, 1.54) is 6.20 Å². The number of allylic oxidation sites excluding steroid dienone is 1. The third kappa shape index (κ3) is 3.59. The summed E-state index contributed by atoms with van der Waals surface area (Å²) < 4.78 is 11.9. The molecule has 0 spiro atoms. The fourth-order valence-corrected chi connectivity index (χ4v) is 3.48. The van der Waals surface area contributed by atoms with Crippen molar-refractivity contribution in [2.45, 2.75) is 62.9 Å². The van der Waals surface area contributed by atoms with Crippen molar-refractivity contribution >= 4 is 14.3 Å². The Morgan fingerprint density at radius 1 is 1.50 bits per heavy atom. The van der Waals surface area contributed by atoms with Crippen LogP contribution in [-0.2, 0) is 9.16 Å². The molecular formula is C18H28N2O5Si. The van der Waals surface area contributed by atoms with Crippen LogP contribution in [0.3, 0.4) is 0 Å². The number of terminal acetylenes is 1. The molecule has 144 valence electrons. The molecule has 2 aliphatic rings. The van der Waals surface area contributed by atoms with Gasteiger partial charge in [0.1, 0.15) is 12.2 Å². The Bertz CT molecular complexity index is 663. The number of ether oxygens (including phenoxy) is 1. The molecule has 0 aliphatic carbocycles. The maximum Gasteiger partial charge on any atom is 0.328 e. The maximum atomic E-state index is 12.1. The van der Waals surface area contributed by atoms with Crippen molar-refractivity contribution < 1.29 is 24.2 Å². The smallest absolute Gasteiger partial charge is 0.328 e. The van der Waals surface area contributed by atoms with E-state index in [1.54, 1.807) is 6.08 Å². The Morgan fingerprint density at radius 2 is 2.12 bits per heavy atom. The minimum absolute atomic E-state index is 0.0553. The van der Waals surface area contributed by atoms with Gasteiger partial charge < -0.3 is 24.7 Å². The van der Waals surface area contributed by atoms with Gasteiger partial charge in [-0.15, -0.1) is 6.42 Å². The van der Waals surface area contributed by atoms with E-state index in [4.69, 9.17) is 15.6 Å². The van der Waals surface area contributed by atoms with Crippen LogP contribution in [0.4, 0.5) is 4.79 Å². The summed E-state index contributed by atoms with van der Waals surface area (Å²) in [6, 6.07) is -0.521. The number of nitrogens with zero attached hydrogens (tertiary/aromatic N) is 1. The van der Waals surface area contributed by atoms with E-state index in [9.17, 15) is 15.0 Å². The molecule has 4 atom stereocenters. The molecule has 0 saturated carbocycles. The van der Waals surface area contributed by atoms with Gasteiger partial charge in [0.2, 0.25) is 0 Å². The van der Waals surface area contributed by atoms with E-state index in [-0.39, 0.29) is 11.6 Å². The van der Waals surface area contributed by atoms with E-state index in [2.05, 4.69) is 51.7 Å². The summed E-state index contributed by atoms with van der Waals surface area (Å²) in [6.07, 6.45) is 4.74. The normalized spacial score (nSPS) is 32.5. The molecule has 1 fully saturated rings. The van der Waals surface area contributed by atoms with Crippen molar-refractivity contribution in [1.29, 1.82) is 0 Å². The first kappa shape index (κ1) is 20.7. The van der Waals surface area contributed by atoms with Crippen LogP contribution in [0, 0.1) is 12.3 Å². The van der Waals surface area contributed by atoms with Crippen molar-refractivity contribution in [1.82, 2.24) is 10.2 Å². The molecule has 26 heavy (non-hydrogen) atoms. The highest BCUT2D eigenvalue weighted by molar-refractivity contribution is 6.74. The summed E-state index contributed by atoms with van der Waals surface area (Å²) in [5, 5.41) is 23.5. The number of rotatable bonds is 4. The molecule has 3 N–H and O–H groups in total. The number of amides is 2. The highest BCUT2D eigenvalue weighted by Crippen LogP contribution is 2.39. The van der Waals surface area contributed by atoms with Crippen LogP contribution in [0.5, 0.6) is 0 Å². The third-order valence-corrected chi connectivity index (χ3v) is 9.81. The fourth-order valence-electron chi connectivity index (χ4n) is 2.47. The summed E-state index contributed by atoms with van der Waals surface area (Å²) in [5.41, 5.74) is -1.12. The van der Waals surface area contributed by atoms with Gasteiger partial charge in [-0.3, -0.25) is 4.90 Å². The van der Waals surface area contributed by atoms with E-state index in [0.717, 1.165) is 4.90 Å². The zero-order valence-electron chi connectivity index (χ0n) is 15.9. The summed E-state index contributed by atoms with van der Waals surface area (Å²) in [7, 11) is -2.16. The SMILES string of the molecule is C#C[C@]1(CO[Si](C)(C)C(C)(C)C)O[C@@H](N2C=CC(=C)NC2=O)[C@H](O)[C@@H]1O. The number of hydrogen-bond donors (Lipinski definition) is 3. The first-order valence-corrected chi connectivity index (χ1v) is 11.4. The summed E-state index contributed by atoms with van der Waals surface area (Å²) in [4.78, 5) is 13.3. The number of carbonyl (C=O) groups is 1.